The van der Waals surface area contributed by atoms with E-state index < -0.39 is 0 Å². The molecule has 0 heterocycles. The van der Waals surface area contributed by atoms with E-state index in [2.05, 4.69) is 13.2 Å². The van der Waals surface area contributed by atoms with Crippen molar-refractivity contribution in [2.45, 2.75) is 20.4 Å². The Kier molecular flexibility index (Phi) is 10.5. The standard InChI is InChI=1S/C16H23NO3.C2H4/c1-5-7-14(12(2)19-4)15-9-6-8-13(10-17)16(15)20-11-18-3;1-2/h5-9H,10-11,17H2,1-4H3;1-2H2/b7-5-,14-12-;. The number of ether oxygens (including phenoxy) is 3. The predicted octanol–water partition coefficient (Wildman–Crippen LogP) is 3.88. The molecule has 0 fully saturated rings. The van der Waals surface area contributed by atoms with Crippen molar-refractivity contribution >= 4 is 5.57 Å². The van der Waals surface area contributed by atoms with Gasteiger partial charge in [0.1, 0.15) is 11.5 Å². The van der Waals surface area contributed by atoms with Crippen molar-refractivity contribution in [3.63, 3.8) is 0 Å². The zero-order valence-corrected chi connectivity index (χ0v) is 14.0. The second-order valence-electron chi connectivity index (χ2n) is 4.22. The molecule has 2 N–H and O–H groups in total. The summed E-state index contributed by atoms with van der Waals surface area (Å²) in [5, 5.41) is 0. The van der Waals surface area contributed by atoms with Crippen molar-refractivity contribution in [2.75, 3.05) is 21.0 Å². The van der Waals surface area contributed by atoms with Crippen molar-refractivity contribution < 1.29 is 14.2 Å². The molecule has 0 atom stereocenters. The van der Waals surface area contributed by atoms with Crippen molar-refractivity contribution in [1.29, 1.82) is 0 Å². The van der Waals surface area contributed by atoms with Gasteiger partial charge in [0.15, 0.2) is 6.79 Å². The summed E-state index contributed by atoms with van der Waals surface area (Å²) in [5.74, 6) is 1.56. The van der Waals surface area contributed by atoms with Gasteiger partial charge in [0.2, 0.25) is 0 Å². The predicted molar refractivity (Wildman–Crippen MR) is 92.5 cm³/mol. The maximum absolute atomic E-state index is 5.79. The van der Waals surface area contributed by atoms with Crippen LogP contribution in [0.4, 0.5) is 0 Å². The number of benzene rings is 1. The number of hydrogen-bond donors (Lipinski definition) is 1. The van der Waals surface area contributed by atoms with Gasteiger partial charge in [-0.25, -0.2) is 0 Å². The quantitative estimate of drug-likeness (QED) is 0.359. The maximum Gasteiger partial charge on any atom is 0.188 e. The first-order chi connectivity index (χ1) is 10.7. The molecule has 0 radical (unpaired) electrons. The van der Waals surface area contributed by atoms with Gasteiger partial charge in [-0.2, -0.15) is 0 Å². The Bertz CT molecular complexity index is 507. The molecule has 0 saturated carbocycles. The third-order valence-electron chi connectivity index (χ3n) is 2.95. The zero-order valence-electron chi connectivity index (χ0n) is 14.0. The highest BCUT2D eigenvalue weighted by molar-refractivity contribution is 5.79. The minimum atomic E-state index is 0.180. The Morgan fingerprint density at radius 3 is 2.45 bits per heavy atom. The van der Waals surface area contributed by atoms with E-state index in [1.807, 2.05) is 44.2 Å². The molecular weight excluding hydrogens is 278 g/mol. The molecule has 0 amide bonds. The molecule has 0 bridgehead atoms. The molecule has 0 spiro atoms. The van der Waals surface area contributed by atoms with Crippen molar-refractivity contribution in [2.24, 2.45) is 5.73 Å². The summed E-state index contributed by atoms with van der Waals surface area (Å²) < 4.78 is 16.1. The van der Waals surface area contributed by atoms with Crippen LogP contribution in [0, 0.1) is 0 Å². The molecule has 1 aromatic rings. The van der Waals surface area contributed by atoms with Gasteiger partial charge >= 0.3 is 0 Å². The van der Waals surface area contributed by atoms with Gasteiger partial charge in [0.05, 0.1) is 7.11 Å². The largest absolute Gasteiger partial charge is 0.501 e. The zero-order chi connectivity index (χ0) is 17.0. The van der Waals surface area contributed by atoms with Gasteiger partial charge in [0, 0.05) is 30.4 Å². The molecule has 22 heavy (non-hydrogen) atoms. The number of rotatable bonds is 7. The van der Waals surface area contributed by atoms with Crippen LogP contribution in [-0.2, 0) is 16.0 Å². The van der Waals surface area contributed by atoms with Crippen LogP contribution in [0.2, 0.25) is 0 Å². The van der Waals surface area contributed by atoms with E-state index in [4.69, 9.17) is 19.9 Å². The molecule has 4 heteroatoms. The molecule has 1 rings (SSSR count). The van der Waals surface area contributed by atoms with Crippen LogP contribution >= 0.6 is 0 Å². The van der Waals surface area contributed by atoms with Gasteiger partial charge in [-0.3, -0.25) is 0 Å². The average molecular weight is 305 g/mol. The van der Waals surface area contributed by atoms with Crippen molar-refractivity contribution in [3.05, 3.63) is 60.4 Å². The van der Waals surface area contributed by atoms with Gasteiger partial charge < -0.3 is 19.9 Å². The Labute approximate surface area is 133 Å². The Morgan fingerprint density at radius 2 is 1.95 bits per heavy atom. The van der Waals surface area contributed by atoms with E-state index in [1.54, 1.807) is 14.2 Å². The number of para-hydroxylation sites is 1. The fourth-order valence-corrected chi connectivity index (χ4v) is 1.92. The normalized spacial score (nSPS) is 11.5. The van der Waals surface area contributed by atoms with Crippen LogP contribution in [0.5, 0.6) is 5.75 Å². The molecule has 0 saturated heterocycles. The number of methoxy groups -OCH3 is 2. The first-order valence-electron chi connectivity index (χ1n) is 7.01. The van der Waals surface area contributed by atoms with Crippen molar-refractivity contribution in [3.8, 4) is 5.75 Å². The van der Waals surface area contributed by atoms with Crippen LogP contribution in [0.25, 0.3) is 5.57 Å². The van der Waals surface area contributed by atoms with Gasteiger partial charge in [-0.1, -0.05) is 30.4 Å². The number of hydrogen-bond acceptors (Lipinski definition) is 4. The highest BCUT2D eigenvalue weighted by atomic mass is 16.7. The van der Waals surface area contributed by atoms with Gasteiger partial charge in [0.25, 0.3) is 0 Å². The lowest BCUT2D eigenvalue weighted by atomic mass is 10.00. The average Bonchev–Trinajstić information content (AvgIpc) is 2.58. The van der Waals surface area contributed by atoms with E-state index in [-0.39, 0.29) is 6.79 Å². The monoisotopic (exact) mass is 305 g/mol. The number of nitrogens with two attached hydrogens (primary N) is 1. The van der Waals surface area contributed by atoms with Crippen LogP contribution in [0.15, 0.2) is 49.3 Å². The number of allylic oxidation sites excluding steroid dienone is 4. The fourth-order valence-electron chi connectivity index (χ4n) is 1.92. The third-order valence-corrected chi connectivity index (χ3v) is 2.95. The Morgan fingerprint density at radius 1 is 1.27 bits per heavy atom. The molecule has 122 valence electrons. The summed E-state index contributed by atoms with van der Waals surface area (Å²) in [5.41, 5.74) is 8.64. The van der Waals surface area contributed by atoms with Crippen LogP contribution < -0.4 is 10.5 Å². The van der Waals surface area contributed by atoms with E-state index in [0.29, 0.717) is 6.54 Å². The van der Waals surface area contributed by atoms with E-state index in [9.17, 15) is 0 Å². The summed E-state index contributed by atoms with van der Waals surface area (Å²) >= 11 is 0. The molecule has 0 unspecified atom stereocenters. The lowest BCUT2D eigenvalue weighted by Gasteiger charge is -2.16. The molecule has 4 nitrogen and oxygen atoms in total. The van der Waals surface area contributed by atoms with E-state index in [0.717, 1.165) is 28.2 Å². The molecule has 0 aromatic heterocycles. The minimum absolute atomic E-state index is 0.180. The summed E-state index contributed by atoms with van der Waals surface area (Å²) in [7, 11) is 3.25. The lowest BCUT2D eigenvalue weighted by molar-refractivity contribution is 0.0502. The van der Waals surface area contributed by atoms with Crippen molar-refractivity contribution in [1.82, 2.24) is 0 Å². The second kappa shape index (κ2) is 11.6. The van der Waals surface area contributed by atoms with Crippen LogP contribution in [-0.4, -0.2) is 21.0 Å². The summed E-state index contributed by atoms with van der Waals surface area (Å²) in [6.07, 6.45) is 3.96. The molecule has 0 aliphatic heterocycles. The summed E-state index contributed by atoms with van der Waals surface area (Å²) in [6, 6.07) is 5.90. The molecule has 0 aliphatic carbocycles. The maximum atomic E-state index is 5.79. The molecule has 1 aromatic carbocycles. The van der Waals surface area contributed by atoms with E-state index in [1.165, 1.54) is 0 Å². The fraction of sp³-hybridized carbons (Fsp3) is 0.333. The third kappa shape index (κ3) is 5.39. The highest BCUT2D eigenvalue weighted by Crippen LogP contribution is 2.32. The van der Waals surface area contributed by atoms with Crippen LogP contribution in [0.3, 0.4) is 0 Å². The second-order valence-corrected chi connectivity index (χ2v) is 4.22. The molecule has 0 aliphatic rings. The SMILES string of the molecule is C/C=C\C(=C(/C)OC)c1cccc(CN)c1OCOC.C=C. The molecular formula is C18H27NO3. The lowest BCUT2D eigenvalue weighted by Crippen LogP contribution is -2.07. The Balaban J connectivity index is 0.00000211. The van der Waals surface area contributed by atoms with E-state index >= 15 is 0 Å². The first-order valence-corrected chi connectivity index (χ1v) is 7.01. The smallest absolute Gasteiger partial charge is 0.188 e. The summed E-state index contributed by atoms with van der Waals surface area (Å²) in [6.45, 7) is 10.5. The van der Waals surface area contributed by atoms with Gasteiger partial charge in [-0.15, -0.1) is 13.2 Å². The highest BCUT2D eigenvalue weighted by Gasteiger charge is 2.14. The van der Waals surface area contributed by atoms with Crippen LogP contribution in [0.1, 0.15) is 25.0 Å². The first kappa shape index (κ1) is 20.0. The Hall–Kier alpha value is -2.04. The minimum Gasteiger partial charge on any atom is -0.501 e. The topological polar surface area (TPSA) is 53.7 Å². The summed E-state index contributed by atoms with van der Waals surface area (Å²) in [4.78, 5) is 0. The van der Waals surface area contributed by atoms with Gasteiger partial charge in [-0.05, 0) is 13.8 Å².